The second kappa shape index (κ2) is 3.35. The molecule has 7 heteroatoms. The summed E-state index contributed by atoms with van der Waals surface area (Å²) in [5.41, 5.74) is -0.534. The quantitative estimate of drug-likeness (QED) is 0.629. The molecule has 1 heterocycles. The number of aromatic nitrogens is 3. The Labute approximate surface area is 71.7 Å². The molecule has 0 atom stereocenters. The second-order valence-corrected chi connectivity index (χ2v) is 2.55. The molecular weight excluding hydrogens is 182 g/mol. The molecule has 64 valence electrons. The number of thioether (sulfide) groups is 1. The van der Waals surface area contributed by atoms with E-state index in [4.69, 9.17) is 10.2 Å². The molecule has 0 amide bonds. The van der Waals surface area contributed by atoms with Gasteiger partial charge in [-0.3, -0.25) is 0 Å². The van der Waals surface area contributed by atoms with Crippen LogP contribution >= 0.6 is 11.8 Å². The molecule has 0 unspecified atom stereocenters. The summed E-state index contributed by atoms with van der Waals surface area (Å²) in [5.74, 6) is -1.96. The van der Waals surface area contributed by atoms with Crippen LogP contribution in [0.3, 0.4) is 0 Å². The van der Waals surface area contributed by atoms with Crippen molar-refractivity contribution in [1.29, 1.82) is 0 Å². The lowest BCUT2D eigenvalue weighted by Gasteiger charge is -1.96. The maximum atomic E-state index is 10.3. The smallest absolute Gasteiger partial charge is 0.362 e. The van der Waals surface area contributed by atoms with Gasteiger partial charge in [-0.1, -0.05) is 11.8 Å². The maximum absolute atomic E-state index is 10.3. The van der Waals surface area contributed by atoms with Crippen LogP contribution in [0, 0.1) is 0 Å². The van der Waals surface area contributed by atoms with Gasteiger partial charge < -0.3 is 10.2 Å². The van der Waals surface area contributed by atoms with Gasteiger partial charge in [0.1, 0.15) is 0 Å². The molecule has 0 aliphatic carbocycles. The monoisotopic (exact) mass is 187 g/mol. The first-order valence-corrected chi connectivity index (χ1v) is 4.08. The van der Waals surface area contributed by atoms with Gasteiger partial charge in [-0.25, -0.2) is 4.79 Å². The van der Waals surface area contributed by atoms with E-state index >= 15 is 0 Å². The third-order valence-corrected chi connectivity index (χ3v) is 1.57. The van der Waals surface area contributed by atoms with Gasteiger partial charge in [-0.2, -0.15) is 4.98 Å². The standard InChI is InChI=1S/C5H5N3O3S/c1-12-5-6-3(9)2(4(10)11)7-8-5/h1H3,(H,10,11)(H,6,8,9). The third kappa shape index (κ3) is 1.62. The normalized spacial score (nSPS) is 9.75. The minimum Gasteiger partial charge on any atom is -0.491 e. The van der Waals surface area contributed by atoms with Crippen LogP contribution in [0.25, 0.3) is 0 Å². The molecule has 0 spiro atoms. The van der Waals surface area contributed by atoms with Crippen LogP contribution < -0.4 is 0 Å². The lowest BCUT2D eigenvalue weighted by atomic mass is 10.5. The van der Waals surface area contributed by atoms with Crippen molar-refractivity contribution in [2.24, 2.45) is 0 Å². The largest absolute Gasteiger partial charge is 0.491 e. The Balaban J connectivity index is 3.12. The zero-order valence-corrected chi connectivity index (χ0v) is 6.87. The van der Waals surface area contributed by atoms with Crippen molar-refractivity contribution in [3.05, 3.63) is 5.69 Å². The van der Waals surface area contributed by atoms with Crippen molar-refractivity contribution in [2.45, 2.75) is 5.16 Å². The van der Waals surface area contributed by atoms with E-state index in [2.05, 4.69) is 15.2 Å². The molecular formula is C5H5N3O3S. The third-order valence-electron chi connectivity index (χ3n) is 1.03. The number of carboxylic acids is 1. The van der Waals surface area contributed by atoms with E-state index in [-0.39, 0.29) is 5.16 Å². The molecule has 12 heavy (non-hydrogen) atoms. The molecule has 0 radical (unpaired) electrons. The van der Waals surface area contributed by atoms with Crippen LogP contribution in [0.5, 0.6) is 5.88 Å². The van der Waals surface area contributed by atoms with E-state index in [0.29, 0.717) is 0 Å². The Morgan fingerprint density at radius 2 is 2.17 bits per heavy atom. The zero-order chi connectivity index (χ0) is 9.14. The van der Waals surface area contributed by atoms with Crippen LogP contribution in [-0.4, -0.2) is 37.6 Å². The highest BCUT2D eigenvalue weighted by atomic mass is 32.2. The topological polar surface area (TPSA) is 96.2 Å². The Morgan fingerprint density at radius 3 is 2.58 bits per heavy atom. The van der Waals surface area contributed by atoms with Crippen molar-refractivity contribution >= 4 is 17.7 Å². The van der Waals surface area contributed by atoms with Gasteiger partial charge >= 0.3 is 5.97 Å². The van der Waals surface area contributed by atoms with Crippen LogP contribution in [0.2, 0.25) is 0 Å². The summed E-state index contributed by atoms with van der Waals surface area (Å²) in [6, 6.07) is 0. The van der Waals surface area contributed by atoms with Gasteiger partial charge in [0.25, 0.3) is 0 Å². The minimum absolute atomic E-state index is 0.234. The number of hydrogen-bond acceptors (Lipinski definition) is 6. The van der Waals surface area contributed by atoms with E-state index < -0.39 is 17.5 Å². The molecule has 0 aliphatic heterocycles. The van der Waals surface area contributed by atoms with Crippen molar-refractivity contribution in [3.63, 3.8) is 0 Å². The van der Waals surface area contributed by atoms with Gasteiger partial charge in [0.15, 0.2) is 0 Å². The molecule has 0 saturated heterocycles. The highest BCUT2D eigenvalue weighted by Crippen LogP contribution is 2.13. The Kier molecular flexibility index (Phi) is 2.44. The molecule has 0 aliphatic rings. The van der Waals surface area contributed by atoms with Crippen molar-refractivity contribution in [3.8, 4) is 5.88 Å². The molecule has 6 nitrogen and oxygen atoms in total. The number of nitrogens with zero attached hydrogens (tertiary/aromatic N) is 3. The maximum Gasteiger partial charge on any atom is 0.362 e. The summed E-state index contributed by atoms with van der Waals surface area (Å²) in [5, 5.41) is 24.3. The molecule has 0 bridgehead atoms. The molecule has 2 N–H and O–H groups in total. The highest BCUT2D eigenvalue weighted by molar-refractivity contribution is 7.98. The lowest BCUT2D eigenvalue weighted by Crippen LogP contribution is -2.04. The summed E-state index contributed by atoms with van der Waals surface area (Å²) in [6.45, 7) is 0. The molecule has 0 aromatic carbocycles. The molecule has 0 saturated carbocycles. The number of rotatable bonds is 2. The van der Waals surface area contributed by atoms with Gasteiger partial charge in [-0.05, 0) is 6.26 Å². The van der Waals surface area contributed by atoms with Crippen molar-refractivity contribution in [1.82, 2.24) is 15.2 Å². The van der Waals surface area contributed by atoms with Crippen LogP contribution in [0.1, 0.15) is 10.5 Å². The van der Waals surface area contributed by atoms with Gasteiger partial charge in [0.05, 0.1) is 0 Å². The number of aromatic hydroxyl groups is 1. The Morgan fingerprint density at radius 1 is 1.50 bits per heavy atom. The average molecular weight is 187 g/mol. The predicted molar refractivity (Wildman–Crippen MR) is 40.2 cm³/mol. The SMILES string of the molecule is CSc1nnc(C(=O)O)c(O)n1. The Bertz CT molecular complexity index is 317. The van der Waals surface area contributed by atoms with Crippen molar-refractivity contribution in [2.75, 3.05) is 6.26 Å². The van der Waals surface area contributed by atoms with E-state index in [1.165, 1.54) is 11.8 Å². The van der Waals surface area contributed by atoms with Crippen LogP contribution in [-0.2, 0) is 0 Å². The zero-order valence-electron chi connectivity index (χ0n) is 6.05. The predicted octanol–water partition coefficient (Wildman–Crippen LogP) is -0.00270. The summed E-state index contributed by atoms with van der Waals surface area (Å²) >= 11 is 1.17. The number of carboxylic acid groups (broad SMARTS) is 1. The van der Waals surface area contributed by atoms with E-state index in [1.54, 1.807) is 6.26 Å². The molecule has 1 aromatic heterocycles. The van der Waals surface area contributed by atoms with Gasteiger partial charge in [-0.15, -0.1) is 10.2 Å². The fourth-order valence-electron chi connectivity index (χ4n) is 0.528. The summed E-state index contributed by atoms with van der Waals surface area (Å²) in [4.78, 5) is 13.8. The Hall–Kier alpha value is -1.37. The van der Waals surface area contributed by atoms with Gasteiger partial charge in [0, 0.05) is 0 Å². The average Bonchev–Trinajstić information content (AvgIpc) is 2.03. The minimum atomic E-state index is -1.35. The summed E-state index contributed by atoms with van der Waals surface area (Å²) in [6.07, 6.45) is 1.69. The first-order valence-electron chi connectivity index (χ1n) is 2.86. The lowest BCUT2D eigenvalue weighted by molar-refractivity contribution is 0.0683. The second-order valence-electron chi connectivity index (χ2n) is 1.78. The van der Waals surface area contributed by atoms with Crippen LogP contribution in [0.15, 0.2) is 5.16 Å². The van der Waals surface area contributed by atoms with Crippen LogP contribution in [0.4, 0.5) is 0 Å². The molecule has 1 rings (SSSR count). The van der Waals surface area contributed by atoms with Gasteiger partial charge in [0.2, 0.25) is 16.7 Å². The van der Waals surface area contributed by atoms with Crippen molar-refractivity contribution < 1.29 is 15.0 Å². The summed E-state index contributed by atoms with van der Waals surface area (Å²) < 4.78 is 0. The first-order chi connectivity index (χ1) is 5.65. The summed E-state index contributed by atoms with van der Waals surface area (Å²) in [7, 11) is 0. The van der Waals surface area contributed by atoms with E-state index in [0.717, 1.165) is 0 Å². The van der Waals surface area contributed by atoms with E-state index in [9.17, 15) is 4.79 Å². The fourth-order valence-corrected chi connectivity index (χ4v) is 0.829. The molecule has 0 fully saturated rings. The molecule has 1 aromatic rings. The fraction of sp³-hybridized carbons (Fsp3) is 0.200. The first kappa shape index (κ1) is 8.72. The highest BCUT2D eigenvalue weighted by Gasteiger charge is 2.14. The van der Waals surface area contributed by atoms with E-state index in [1.807, 2.05) is 0 Å². The number of hydrogen-bond donors (Lipinski definition) is 2. The number of aromatic carboxylic acids is 1. The number of carbonyl (C=O) groups is 1.